The molecule has 0 atom stereocenters. The molecule has 1 aromatic carbocycles. The lowest BCUT2D eigenvalue weighted by atomic mass is 10.1. The smallest absolute Gasteiger partial charge is 0.246 e. The van der Waals surface area contributed by atoms with E-state index in [1.165, 1.54) is 6.42 Å². The van der Waals surface area contributed by atoms with Crippen LogP contribution >= 0.6 is 0 Å². The number of piperidine rings is 1. The molecule has 0 radical (unpaired) electrons. The zero-order valence-electron chi connectivity index (χ0n) is 10.8. The van der Waals surface area contributed by atoms with Crippen LogP contribution in [-0.2, 0) is 4.79 Å². The van der Waals surface area contributed by atoms with Gasteiger partial charge in [-0.3, -0.25) is 4.79 Å². The van der Waals surface area contributed by atoms with Crippen molar-refractivity contribution in [1.29, 1.82) is 0 Å². The zero-order chi connectivity index (χ0) is 13.1. The Balaban J connectivity index is 1.72. The molecule has 2 aliphatic rings. The van der Waals surface area contributed by atoms with Gasteiger partial charge >= 0.3 is 0 Å². The molecule has 0 spiro atoms. The van der Waals surface area contributed by atoms with Gasteiger partial charge in [0.05, 0.1) is 0 Å². The van der Waals surface area contributed by atoms with E-state index in [0.717, 1.165) is 43.0 Å². The summed E-state index contributed by atoms with van der Waals surface area (Å²) in [6.45, 7) is 1.99. The van der Waals surface area contributed by atoms with Crippen molar-refractivity contribution < 1.29 is 14.3 Å². The minimum atomic E-state index is 0.0798. The predicted octanol–water partition coefficient (Wildman–Crippen LogP) is 2.44. The van der Waals surface area contributed by atoms with Crippen molar-refractivity contribution in [2.24, 2.45) is 0 Å². The number of fused-ring (bicyclic) bond motifs is 1. The number of carbonyl (C=O) groups is 1. The van der Waals surface area contributed by atoms with Crippen LogP contribution in [0.4, 0.5) is 0 Å². The molecule has 0 aromatic heterocycles. The van der Waals surface area contributed by atoms with Gasteiger partial charge in [-0.25, -0.2) is 0 Å². The first kappa shape index (κ1) is 12.1. The molecule has 0 saturated carbocycles. The van der Waals surface area contributed by atoms with Gasteiger partial charge in [-0.2, -0.15) is 0 Å². The third-order valence-corrected chi connectivity index (χ3v) is 3.50. The summed E-state index contributed by atoms with van der Waals surface area (Å²) in [6.07, 6.45) is 6.88. The largest absolute Gasteiger partial charge is 0.454 e. The maximum absolute atomic E-state index is 12.0. The normalized spacial score (nSPS) is 18.0. The van der Waals surface area contributed by atoms with Crippen LogP contribution in [0.2, 0.25) is 0 Å². The van der Waals surface area contributed by atoms with E-state index < -0.39 is 0 Å². The van der Waals surface area contributed by atoms with Crippen molar-refractivity contribution in [3.63, 3.8) is 0 Å². The van der Waals surface area contributed by atoms with E-state index in [1.807, 2.05) is 29.2 Å². The Morgan fingerprint density at radius 3 is 2.84 bits per heavy atom. The SMILES string of the molecule is O=C(/C=C/c1cccc2c1OCO2)N1CCCCC1. The molecule has 0 aliphatic carbocycles. The van der Waals surface area contributed by atoms with E-state index in [-0.39, 0.29) is 12.7 Å². The first-order chi connectivity index (χ1) is 9.34. The van der Waals surface area contributed by atoms with E-state index in [0.29, 0.717) is 0 Å². The summed E-state index contributed by atoms with van der Waals surface area (Å²) < 4.78 is 10.7. The van der Waals surface area contributed by atoms with Gasteiger partial charge in [0.25, 0.3) is 0 Å². The number of hydrogen-bond donors (Lipinski definition) is 0. The molecule has 0 N–H and O–H groups in total. The summed E-state index contributed by atoms with van der Waals surface area (Å²) in [7, 11) is 0. The van der Waals surface area contributed by atoms with Gasteiger partial charge in [-0.05, 0) is 31.4 Å². The average molecular weight is 259 g/mol. The van der Waals surface area contributed by atoms with Crippen molar-refractivity contribution in [3.05, 3.63) is 29.8 Å². The Bertz CT molecular complexity index is 504. The van der Waals surface area contributed by atoms with Gasteiger partial charge in [0.15, 0.2) is 11.5 Å². The number of likely N-dealkylation sites (tertiary alicyclic amines) is 1. The van der Waals surface area contributed by atoms with Gasteiger partial charge in [0, 0.05) is 24.7 Å². The Hall–Kier alpha value is -1.97. The van der Waals surface area contributed by atoms with Crippen LogP contribution in [0.1, 0.15) is 24.8 Å². The van der Waals surface area contributed by atoms with Crippen LogP contribution in [0.3, 0.4) is 0 Å². The summed E-state index contributed by atoms with van der Waals surface area (Å²) in [4.78, 5) is 13.9. The highest BCUT2D eigenvalue weighted by Gasteiger charge is 2.17. The van der Waals surface area contributed by atoms with Crippen LogP contribution in [-0.4, -0.2) is 30.7 Å². The molecule has 0 unspecified atom stereocenters. The lowest BCUT2D eigenvalue weighted by Crippen LogP contribution is -2.34. The number of nitrogens with zero attached hydrogens (tertiary/aromatic N) is 1. The van der Waals surface area contributed by atoms with E-state index in [4.69, 9.17) is 9.47 Å². The zero-order valence-corrected chi connectivity index (χ0v) is 10.8. The third kappa shape index (κ3) is 2.57. The summed E-state index contributed by atoms with van der Waals surface area (Å²) in [6, 6.07) is 5.69. The first-order valence-electron chi connectivity index (χ1n) is 6.70. The standard InChI is InChI=1S/C15H17NO3/c17-14(16-9-2-1-3-10-16)8-7-12-5-4-6-13-15(12)19-11-18-13/h4-8H,1-3,9-11H2/b8-7+. The molecule has 1 amide bonds. The van der Waals surface area contributed by atoms with Crippen molar-refractivity contribution in [1.82, 2.24) is 4.90 Å². The minimum absolute atomic E-state index is 0.0798. The molecule has 2 aliphatic heterocycles. The first-order valence-corrected chi connectivity index (χ1v) is 6.70. The van der Waals surface area contributed by atoms with Gasteiger partial charge in [0.1, 0.15) is 0 Å². The van der Waals surface area contributed by atoms with Gasteiger partial charge in [-0.1, -0.05) is 12.1 Å². The van der Waals surface area contributed by atoms with E-state index in [2.05, 4.69) is 0 Å². The summed E-state index contributed by atoms with van der Waals surface area (Å²) in [5.74, 6) is 1.55. The second-order valence-corrected chi connectivity index (χ2v) is 4.80. The molecule has 3 rings (SSSR count). The van der Waals surface area contributed by atoms with Crippen LogP contribution in [0.25, 0.3) is 6.08 Å². The number of rotatable bonds is 2. The quantitative estimate of drug-likeness (QED) is 0.766. The molecular formula is C15H17NO3. The van der Waals surface area contributed by atoms with Gasteiger partial charge < -0.3 is 14.4 Å². The molecule has 19 heavy (non-hydrogen) atoms. The highest BCUT2D eigenvalue weighted by Crippen LogP contribution is 2.35. The molecular weight excluding hydrogens is 242 g/mol. The molecule has 1 fully saturated rings. The van der Waals surface area contributed by atoms with Crippen molar-refractivity contribution in [3.8, 4) is 11.5 Å². The maximum atomic E-state index is 12.0. The Morgan fingerprint density at radius 2 is 2.00 bits per heavy atom. The predicted molar refractivity (Wildman–Crippen MR) is 72.0 cm³/mol. The fraction of sp³-hybridized carbons (Fsp3) is 0.400. The van der Waals surface area contributed by atoms with E-state index in [9.17, 15) is 4.79 Å². The topological polar surface area (TPSA) is 38.8 Å². The molecule has 100 valence electrons. The van der Waals surface area contributed by atoms with Crippen LogP contribution in [0.15, 0.2) is 24.3 Å². The van der Waals surface area contributed by atoms with Crippen LogP contribution < -0.4 is 9.47 Å². The van der Waals surface area contributed by atoms with Gasteiger partial charge in [-0.15, -0.1) is 0 Å². The lowest BCUT2D eigenvalue weighted by Gasteiger charge is -2.25. The van der Waals surface area contributed by atoms with Crippen molar-refractivity contribution in [2.75, 3.05) is 19.9 Å². The summed E-state index contributed by atoms with van der Waals surface area (Å²) in [5.41, 5.74) is 0.889. The minimum Gasteiger partial charge on any atom is -0.454 e. The fourth-order valence-corrected chi connectivity index (χ4v) is 2.46. The number of carbonyl (C=O) groups excluding carboxylic acids is 1. The van der Waals surface area contributed by atoms with Crippen molar-refractivity contribution in [2.45, 2.75) is 19.3 Å². The number of ether oxygens (including phenoxy) is 2. The Labute approximate surface area is 112 Å². The molecule has 1 aromatic rings. The Kier molecular flexibility index (Phi) is 3.40. The highest BCUT2D eigenvalue weighted by molar-refractivity contribution is 5.92. The van der Waals surface area contributed by atoms with E-state index in [1.54, 1.807) is 6.08 Å². The summed E-state index contributed by atoms with van der Waals surface area (Å²) >= 11 is 0. The third-order valence-electron chi connectivity index (χ3n) is 3.50. The number of amides is 1. The lowest BCUT2D eigenvalue weighted by molar-refractivity contribution is -0.126. The number of benzene rings is 1. The van der Waals surface area contributed by atoms with Crippen LogP contribution in [0, 0.1) is 0 Å². The average Bonchev–Trinajstić information content (AvgIpc) is 2.94. The summed E-state index contributed by atoms with van der Waals surface area (Å²) in [5, 5.41) is 0. The Morgan fingerprint density at radius 1 is 1.16 bits per heavy atom. The number of hydrogen-bond acceptors (Lipinski definition) is 3. The molecule has 4 heteroatoms. The fourth-order valence-electron chi connectivity index (χ4n) is 2.46. The van der Waals surface area contributed by atoms with E-state index >= 15 is 0 Å². The molecule has 4 nitrogen and oxygen atoms in total. The number of para-hydroxylation sites is 1. The highest BCUT2D eigenvalue weighted by atomic mass is 16.7. The van der Waals surface area contributed by atoms with Gasteiger partial charge in [0.2, 0.25) is 12.7 Å². The maximum Gasteiger partial charge on any atom is 0.246 e. The van der Waals surface area contributed by atoms with Crippen LogP contribution in [0.5, 0.6) is 11.5 Å². The molecule has 0 bridgehead atoms. The second kappa shape index (κ2) is 5.34. The molecule has 1 saturated heterocycles. The monoisotopic (exact) mass is 259 g/mol. The van der Waals surface area contributed by atoms with Crippen molar-refractivity contribution >= 4 is 12.0 Å². The second-order valence-electron chi connectivity index (χ2n) is 4.80. The molecule has 2 heterocycles.